The summed E-state index contributed by atoms with van der Waals surface area (Å²) in [6.45, 7) is 2.15. The number of aromatic nitrogens is 3. The summed E-state index contributed by atoms with van der Waals surface area (Å²) in [5.41, 5.74) is 2.58. The van der Waals surface area contributed by atoms with Crippen LogP contribution in [0.1, 0.15) is 21.7 Å². The molecule has 122 valence electrons. The summed E-state index contributed by atoms with van der Waals surface area (Å²) in [6.07, 6.45) is 0. The fourth-order valence-electron chi connectivity index (χ4n) is 2.31. The van der Waals surface area contributed by atoms with Crippen LogP contribution in [0.2, 0.25) is 10.0 Å². The molecule has 1 heterocycles. The molecule has 0 saturated heterocycles. The summed E-state index contributed by atoms with van der Waals surface area (Å²) in [7, 11) is 0. The van der Waals surface area contributed by atoms with Crippen LogP contribution in [-0.4, -0.2) is 20.9 Å². The Hall–Kier alpha value is -2.37. The molecule has 0 fully saturated rings. The number of rotatable bonds is 4. The van der Waals surface area contributed by atoms with Gasteiger partial charge in [-0.05, 0) is 42.8 Å². The van der Waals surface area contributed by atoms with Gasteiger partial charge in [-0.1, -0.05) is 46.6 Å². The van der Waals surface area contributed by atoms with Crippen molar-refractivity contribution in [3.05, 3.63) is 75.5 Å². The molecule has 0 aliphatic rings. The molecule has 1 N–H and O–H groups in total. The Morgan fingerprint density at radius 3 is 2.54 bits per heavy atom. The first-order chi connectivity index (χ1) is 11.5. The number of halogens is 2. The molecule has 0 saturated carbocycles. The minimum absolute atomic E-state index is 0.275. The van der Waals surface area contributed by atoms with Crippen molar-refractivity contribution in [2.75, 3.05) is 0 Å². The topological polar surface area (TPSA) is 59.8 Å². The van der Waals surface area contributed by atoms with Crippen molar-refractivity contribution >= 4 is 29.1 Å². The zero-order valence-corrected chi connectivity index (χ0v) is 14.3. The average molecular weight is 361 g/mol. The Labute approximate surface area is 149 Å². The van der Waals surface area contributed by atoms with Gasteiger partial charge in [-0.2, -0.15) is 0 Å². The van der Waals surface area contributed by atoms with Crippen LogP contribution in [0.3, 0.4) is 0 Å². The number of carbonyl (C=O) groups is 1. The second-order valence-corrected chi connectivity index (χ2v) is 6.10. The molecule has 0 spiro atoms. The predicted molar refractivity (Wildman–Crippen MR) is 93.7 cm³/mol. The van der Waals surface area contributed by atoms with E-state index in [9.17, 15) is 4.79 Å². The van der Waals surface area contributed by atoms with Crippen LogP contribution in [-0.2, 0) is 6.54 Å². The van der Waals surface area contributed by atoms with E-state index in [-0.39, 0.29) is 11.6 Å². The molecule has 0 aliphatic carbocycles. The van der Waals surface area contributed by atoms with E-state index in [0.717, 1.165) is 11.3 Å². The molecule has 3 rings (SSSR count). The summed E-state index contributed by atoms with van der Waals surface area (Å²) in [5.74, 6) is -0.291. The monoisotopic (exact) mass is 360 g/mol. The average Bonchev–Trinajstić information content (AvgIpc) is 2.94. The van der Waals surface area contributed by atoms with Crippen molar-refractivity contribution in [1.29, 1.82) is 0 Å². The number of amides is 1. The lowest BCUT2D eigenvalue weighted by Gasteiger charge is -2.06. The third-order valence-corrected chi connectivity index (χ3v) is 3.97. The number of hydrogen-bond donors (Lipinski definition) is 1. The van der Waals surface area contributed by atoms with Gasteiger partial charge in [0.25, 0.3) is 5.91 Å². The maximum absolute atomic E-state index is 12.3. The van der Waals surface area contributed by atoms with E-state index >= 15 is 0 Å². The summed E-state index contributed by atoms with van der Waals surface area (Å²) < 4.78 is 1.58. The molecule has 0 bridgehead atoms. The summed E-state index contributed by atoms with van der Waals surface area (Å²) in [5, 5.41) is 12.1. The second kappa shape index (κ2) is 7.03. The third kappa shape index (κ3) is 3.58. The summed E-state index contributed by atoms with van der Waals surface area (Å²) in [4.78, 5) is 12.3. The highest BCUT2D eigenvalue weighted by Gasteiger charge is 2.17. The Balaban J connectivity index is 1.76. The van der Waals surface area contributed by atoms with E-state index < -0.39 is 0 Å². The molecule has 0 aliphatic heterocycles. The largest absolute Gasteiger partial charge is 0.347 e. The van der Waals surface area contributed by atoms with Gasteiger partial charge in [-0.15, -0.1) is 5.10 Å². The van der Waals surface area contributed by atoms with E-state index in [1.54, 1.807) is 35.9 Å². The maximum Gasteiger partial charge on any atom is 0.274 e. The molecule has 0 atom stereocenters. The van der Waals surface area contributed by atoms with Crippen LogP contribution >= 0.6 is 23.2 Å². The highest BCUT2D eigenvalue weighted by atomic mass is 35.5. The summed E-state index contributed by atoms with van der Waals surface area (Å²) in [6, 6.07) is 14.5. The predicted octanol–water partition coefficient (Wildman–Crippen LogP) is 3.81. The number of benzene rings is 2. The molecular weight excluding hydrogens is 347 g/mol. The minimum Gasteiger partial charge on any atom is -0.347 e. The van der Waals surface area contributed by atoms with Crippen molar-refractivity contribution < 1.29 is 4.79 Å². The Kier molecular flexibility index (Phi) is 4.83. The molecular formula is C17H14Cl2N4O. The Morgan fingerprint density at radius 2 is 1.83 bits per heavy atom. The molecule has 24 heavy (non-hydrogen) atoms. The lowest BCUT2D eigenvalue weighted by Crippen LogP contribution is -2.24. The second-order valence-electron chi connectivity index (χ2n) is 5.23. The van der Waals surface area contributed by atoms with E-state index in [4.69, 9.17) is 23.2 Å². The highest BCUT2D eigenvalue weighted by Crippen LogP contribution is 2.17. The lowest BCUT2D eigenvalue weighted by molar-refractivity contribution is 0.0945. The van der Waals surface area contributed by atoms with Gasteiger partial charge in [0.2, 0.25) is 0 Å². The van der Waals surface area contributed by atoms with Gasteiger partial charge in [-0.3, -0.25) is 4.79 Å². The van der Waals surface area contributed by atoms with Crippen LogP contribution in [0.5, 0.6) is 0 Å². The van der Waals surface area contributed by atoms with Gasteiger partial charge in [-0.25, -0.2) is 4.68 Å². The van der Waals surface area contributed by atoms with Crippen LogP contribution in [0.15, 0.2) is 48.5 Å². The van der Waals surface area contributed by atoms with Crippen molar-refractivity contribution in [1.82, 2.24) is 20.3 Å². The van der Waals surface area contributed by atoms with Gasteiger partial charge in [0.05, 0.1) is 11.4 Å². The van der Waals surface area contributed by atoms with E-state index in [1.807, 2.05) is 24.3 Å². The fraction of sp³-hybridized carbons (Fsp3) is 0.118. The maximum atomic E-state index is 12.3. The number of hydrogen-bond acceptors (Lipinski definition) is 3. The van der Waals surface area contributed by atoms with Gasteiger partial charge >= 0.3 is 0 Å². The molecule has 1 amide bonds. The van der Waals surface area contributed by atoms with Gasteiger partial charge in [0, 0.05) is 16.6 Å². The number of nitrogens with zero attached hydrogens (tertiary/aromatic N) is 3. The molecule has 5 nitrogen and oxygen atoms in total. The molecule has 0 radical (unpaired) electrons. The normalized spacial score (nSPS) is 10.6. The molecule has 7 heteroatoms. The minimum atomic E-state index is -0.291. The number of nitrogens with one attached hydrogen (secondary N) is 1. The molecule has 3 aromatic rings. The zero-order chi connectivity index (χ0) is 17.1. The lowest BCUT2D eigenvalue weighted by atomic mass is 10.2. The van der Waals surface area contributed by atoms with Crippen molar-refractivity contribution in [3.63, 3.8) is 0 Å². The van der Waals surface area contributed by atoms with Crippen LogP contribution in [0.25, 0.3) is 5.69 Å². The van der Waals surface area contributed by atoms with Crippen molar-refractivity contribution in [3.8, 4) is 5.69 Å². The zero-order valence-electron chi connectivity index (χ0n) is 12.8. The van der Waals surface area contributed by atoms with E-state index in [2.05, 4.69) is 15.6 Å². The van der Waals surface area contributed by atoms with Crippen LogP contribution in [0, 0.1) is 6.92 Å². The first-order valence-electron chi connectivity index (χ1n) is 7.25. The highest BCUT2D eigenvalue weighted by molar-refractivity contribution is 6.31. The molecule has 0 unspecified atom stereocenters. The third-order valence-electron chi connectivity index (χ3n) is 3.50. The van der Waals surface area contributed by atoms with Crippen molar-refractivity contribution in [2.24, 2.45) is 0 Å². The quantitative estimate of drug-likeness (QED) is 0.769. The first kappa shape index (κ1) is 16.5. The smallest absolute Gasteiger partial charge is 0.274 e. The van der Waals surface area contributed by atoms with Gasteiger partial charge < -0.3 is 5.32 Å². The van der Waals surface area contributed by atoms with E-state index in [0.29, 0.717) is 22.3 Å². The van der Waals surface area contributed by atoms with Gasteiger partial charge in [0.1, 0.15) is 0 Å². The Morgan fingerprint density at radius 1 is 1.12 bits per heavy atom. The van der Waals surface area contributed by atoms with Crippen LogP contribution in [0.4, 0.5) is 0 Å². The molecule has 2 aromatic carbocycles. The van der Waals surface area contributed by atoms with E-state index in [1.165, 1.54) is 0 Å². The van der Waals surface area contributed by atoms with Gasteiger partial charge in [0.15, 0.2) is 5.69 Å². The summed E-state index contributed by atoms with van der Waals surface area (Å²) >= 11 is 11.9. The SMILES string of the molecule is Cc1c(C(=O)NCc2cccc(Cl)c2)nnn1-c1cccc(Cl)c1. The Bertz CT molecular complexity index is 892. The number of carbonyl (C=O) groups excluding carboxylic acids is 1. The standard InChI is InChI=1S/C17H14Cl2N4O/c1-11-16(17(24)20-10-12-4-2-5-13(18)8-12)21-22-23(11)15-7-3-6-14(19)9-15/h2-9H,10H2,1H3,(H,20,24). The first-order valence-corrected chi connectivity index (χ1v) is 8.01. The van der Waals surface area contributed by atoms with Crippen molar-refractivity contribution in [2.45, 2.75) is 13.5 Å². The van der Waals surface area contributed by atoms with Crippen LogP contribution < -0.4 is 5.32 Å². The fourth-order valence-corrected chi connectivity index (χ4v) is 2.70. The molecule has 1 aromatic heterocycles.